The van der Waals surface area contributed by atoms with Crippen molar-refractivity contribution in [3.8, 4) is 0 Å². The smallest absolute Gasteiger partial charge is 0.303 e. The van der Waals surface area contributed by atoms with E-state index in [9.17, 15) is 4.79 Å². The number of rotatable bonds is 7. The van der Waals surface area contributed by atoms with E-state index in [1.54, 1.807) is 16.3 Å². The minimum Gasteiger partial charge on any atom is -0.303 e. The van der Waals surface area contributed by atoms with Crippen LogP contribution in [0, 0.1) is 20.8 Å². The second-order valence-electron chi connectivity index (χ2n) is 6.11. The number of unbranched alkanes of at least 4 members (excludes halogenated alkanes) is 1. The van der Waals surface area contributed by atoms with Gasteiger partial charge in [-0.05, 0) is 39.2 Å². The molecule has 0 N–H and O–H groups in total. The van der Waals surface area contributed by atoms with E-state index < -0.39 is 0 Å². The molecule has 0 spiro atoms. The van der Waals surface area contributed by atoms with Gasteiger partial charge in [0, 0.05) is 34.8 Å². The number of thiazole rings is 1. The molecule has 8 heteroatoms. The van der Waals surface area contributed by atoms with Crippen LogP contribution in [-0.2, 0) is 13.0 Å². The van der Waals surface area contributed by atoms with E-state index in [1.165, 1.54) is 16.9 Å². The number of aryl methyl sites for hydroxylation is 3. The van der Waals surface area contributed by atoms with Gasteiger partial charge in [-0.15, -0.1) is 5.10 Å². The lowest BCUT2D eigenvalue weighted by atomic mass is 10.1. The molecular formula is C17H23N5OS2. The fourth-order valence-electron chi connectivity index (χ4n) is 2.87. The van der Waals surface area contributed by atoms with E-state index in [4.69, 9.17) is 0 Å². The molecule has 0 saturated carbocycles. The molecule has 0 unspecified atom stereocenters. The van der Waals surface area contributed by atoms with Crippen LogP contribution in [0.3, 0.4) is 0 Å². The molecule has 0 aromatic carbocycles. The first-order valence-corrected chi connectivity index (χ1v) is 10.4. The van der Waals surface area contributed by atoms with Crippen LogP contribution in [0.25, 0.3) is 5.78 Å². The molecular weight excluding hydrogens is 354 g/mol. The van der Waals surface area contributed by atoms with Crippen LogP contribution in [0.2, 0.25) is 0 Å². The Morgan fingerprint density at radius 2 is 2.04 bits per heavy atom. The van der Waals surface area contributed by atoms with E-state index in [0.29, 0.717) is 17.5 Å². The van der Waals surface area contributed by atoms with Crippen LogP contribution in [0.15, 0.2) is 15.3 Å². The second kappa shape index (κ2) is 7.70. The normalized spacial score (nSPS) is 11.5. The number of nitrogens with zero attached hydrogens (tertiary/aromatic N) is 5. The fraction of sp³-hybridized carbons (Fsp3) is 0.529. The van der Waals surface area contributed by atoms with E-state index in [1.807, 2.05) is 23.7 Å². The van der Waals surface area contributed by atoms with Crippen molar-refractivity contribution in [1.82, 2.24) is 24.1 Å². The molecule has 0 atom stereocenters. The Kier molecular flexibility index (Phi) is 5.58. The Morgan fingerprint density at radius 1 is 1.24 bits per heavy atom. The van der Waals surface area contributed by atoms with E-state index in [0.717, 1.165) is 42.1 Å². The number of hydrogen-bond donors (Lipinski definition) is 0. The van der Waals surface area contributed by atoms with E-state index >= 15 is 0 Å². The van der Waals surface area contributed by atoms with Gasteiger partial charge in [-0.25, -0.2) is 9.50 Å². The summed E-state index contributed by atoms with van der Waals surface area (Å²) in [5.41, 5.74) is 4.45. The highest BCUT2D eigenvalue weighted by Gasteiger charge is 2.13. The number of fused-ring (bicyclic) bond motifs is 1. The molecule has 25 heavy (non-hydrogen) atoms. The van der Waals surface area contributed by atoms with Crippen LogP contribution in [0.4, 0.5) is 0 Å². The first kappa shape index (κ1) is 18.1. The van der Waals surface area contributed by atoms with Gasteiger partial charge >= 0.3 is 4.87 Å². The lowest BCUT2D eigenvalue weighted by molar-refractivity contribution is 0.729. The van der Waals surface area contributed by atoms with Gasteiger partial charge in [0.2, 0.25) is 5.16 Å². The summed E-state index contributed by atoms with van der Waals surface area (Å²) < 4.78 is 3.65. The highest BCUT2D eigenvalue weighted by atomic mass is 32.2. The zero-order valence-corrected chi connectivity index (χ0v) is 16.7. The summed E-state index contributed by atoms with van der Waals surface area (Å²) in [6.07, 6.45) is 3.34. The third-order valence-electron chi connectivity index (χ3n) is 4.33. The molecule has 0 fully saturated rings. The topological polar surface area (TPSA) is 65.1 Å². The summed E-state index contributed by atoms with van der Waals surface area (Å²) in [7, 11) is 0. The summed E-state index contributed by atoms with van der Waals surface area (Å²) in [5.74, 6) is 1.41. The molecule has 0 saturated heterocycles. The first-order chi connectivity index (χ1) is 12.0. The average molecular weight is 378 g/mol. The van der Waals surface area contributed by atoms with Crippen LogP contribution >= 0.6 is 23.1 Å². The fourth-order valence-corrected chi connectivity index (χ4v) is 4.37. The maximum Gasteiger partial charge on any atom is 0.307 e. The van der Waals surface area contributed by atoms with Crippen molar-refractivity contribution in [2.24, 2.45) is 0 Å². The van der Waals surface area contributed by atoms with Gasteiger partial charge in [-0.3, -0.25) is 4.79 Å². The summed E-state index contributed by atoms with van der Waals surface area (Å²) >= 11 is 2.81. The molecule has 3 rings (SSSR count). The molecule has 3 aromatic heterocycles. The van der Waals surface area contributed by atoms with Crippen LogP contribution in [0.5, 0.6) is 0 Å². The van der Waals surface area contributed by atoms with Gasteiger partial charge in [0.05, 0.1) is 0 Å². The first-order valence-electron chi connectivity index (χ1n) is 8.51. The third kappa shape index (κ3) is 3.79. The SMILES string of the molecule is CCCCc1c(C)nc2nc(SCCn3c(C)csc3=O)nn2c1C. The standard InChI is InChI=1S/C17H23N5OS2/c1-5-6-7-14-12(3)18-15-19-16(20-22(15)13(14)4)24-9-8-21-11(2)10-25-17(21)23/h10H,5-9H2,1-4H3. The zero-order valence-electron chi connectivity index (χ0n) is 15.1. The monoisotopic (exact) mass is 377 g/mol. The average Bonchev–Trinajstić information content (AvgIpc) is 3.12. The Morgan fingerprint density at radius 3 is 2.72 bits per heavy atom. The number of aromatic nitrogens is 5. The molecule has 134 valence electrons. The maximum absolute atomic E-state index is 11.8. The van der Waals surface area contributed by atoms with Crippen molar-refractivity contribution >= 4 is 28.9 Å². The molecule has 6 nitrogen and oxygen atoms in total. The minimum atomic E-state index is 0.0924. The summed E-state index contributed by atoms with van der Waals surface area (Å²) in [6, 6.07) is 0. The molecule has 0 aliphatic carbocycles. The van der Waals surface area contributed by atoms with Gasteiger partial charge in [-0.1, -0.05) is 36.4 Å². The number of thioether (sulfide) groups is 1. The van der Waals surface area contributed by atoms with Gasteiger partial charge in [0.25, 0.3) is 5.78 Å². The van der Waals surface area contributed by atoms with Crippen molar-refractivity contribution in [2.75, 3.05) is 5.75 Å². The largest absolute Gasteiger partial charge is 0.307 e. The molecule has 0 amide bonds. The lowest BCUT2D eigenvalue weighted by Gasteiger charge is -2.09. The number of hydrogen-bond acceptors (Lipinski definition) is 6. The summed E-state index contributed by atoms with van der Waals surface area (Å²) in [5, 5.41) is 7.21. The minimum absolute atomic E-state index is 0.0924. The third-order valence-corrected chi connectivity index (χ3v) is 6.03. The molecule has 0 aliphatic rings. The Labute approximate surface area is 155 Å². The highest BCUT2D eigenvalue weighted by Crippen LogP contribution is 2.20. The Hall–Kier alpha value is -1.67. The van der Waals surface area contributed by atoms with Crippen LogP contribution in [-0.4, -0.2) is 29.9 Å². The Bertz CT molecular complexity index is 941. The molecule has 3 aromatic rings. The van der Waals surface area contributed by atoms with Gasteiger partial charge in [0.15, 0.2) is 0 Å². The van der Waals surface area contributed by atoms with Gasteiger partial charge in [0.1, 0.15) is 0 Å². The van der Waals surface area contributed by atoms with E-state index in [2.05, 4.69) is 28.9 Å². The zero-order chi connectivity index (χ0) is 18.0. The van der Waals surface area contributed by atoms with Crippen molar-refractivity contribution in [3.05, 3.63) is 37.7 Å². The molecule has 0 aliphatic heterocycles. The van der Waals surface area contributed by atoms with Crippen molar-refractivity contribution < 1.29 is 0 Å². The highest BCUT2D eigenvalue weighted by molar-refractivity contribution is 7.99. The van der Waals surface area contributed by atoms with Crippen molar-refractivity contribution in [1.29, 1.82) is 0 Å². The van der Waals surface area contributed by atoms with Crippen LogP contribution < -0.4 is 4.87 Å². The predicted octanol–water partition coefficient (Wildman–Crippen LogP) is 3.41. The maximum atomic E-state index is 11.8. The molecule has 3 heterocycles. The molecule has 0 radical (unpaired) electrons. The predicted molar refractivity (Wildman–Crippen MR) is 103 cm³/mol. The van der Waals surface area contributed by atoms with Crippen molar-refractivity contribution in [3.63, 3.8) is 0 Å². The van der Waals surface area contributed by atoms with Crippen LogP contribution in [0.1, 0.15) is 42.4 Å². The quantitative estimate of drug-likeness (QED) is 0.590. The second-order valence-corrected chi connectivity index (χ2v) is 8.00. The van der Waals surface area contributed by atoms with Gasteiger partial charge in [-0.2, -0.15) is 4.98 Å². The molecule has 0 bridgehead atoms. The summed E-state index contributed by atoms with van der Waals surface area (Å²) in [4.78, 5) is 21.0. The summed E-state index contributed by atoms with van der Waals surface area (Å²) in [6.45, 7) is 8.96. The van der Waals surface area contributed by atoms with Crippen molar-refractivity contribution in [2.45, 2.75) is 58.7 Å². The lowest BCUT2D eigenvalue weighted by Crippen LogP contribution is -2.15. The Balaban J connectivity index is 1.77. The van der Waals surface area contributed by atoms with E-state index in [-0.39, 0.29) is 4.87 Å². The van der Waals surface area contributed by atoms with Gasteiger partial charge < -0.3 is 4.57 Å².